The molecule has 0 aliphatic rings. The SMILES string of the molecule is CC(N)CCC(=O)Nc1ccc(OCc2ccccn2)c(F)c1. The zero-order valence-corrected chi connectivity index (χ0v) is 13.0. The number of hydrogen-bond acceptors (Lipinski definition) is 4. The van der Waals surface area contributed by atoms with E-state index in [0.717, 1.165) is 0 Å². The summed E-state index contributed by atoms with van der Waals surface area (Å²) in [7, 11) is 0. The maximum Gasteiger partial charge on any atom is 0.224 e. The van der Waals surface area contributed by atoms with Gasteiger partial charge in [0, 0.05) is 30.4 Å². The molecular formula is C17H20FN3O2. The van der Waals surface area contributed by atoms with Crippen molar-refractivity contribution >= 4 is 11.6 Å². The molecule has 6 heteroatoms. The van der Waals surface area contributed by atoms with Crippen molar-refractivity contribution in [2.45, 2.75) is 32.4 Å². The molecule has 5 nitrogen and oxygen atoms in total. The Balaban J connectivity index is 1.91. The highest BCUT2D eigenvalue weighted by Gasteiger charge is 2.08. The van der Waals surface area contributed by atoms with E-state index in [1.807, 2.05) is 13.0 Å². The molecule has 0 saturated carbocycles. The Labute approximate surface area is 134 Å². The van der Waals surface area contributed by atoms with Gasteiger partial charge in [0.2, 0.25) is 5.91 Å². The molecule has 0 saturated heterocycles. The van der Waals surface area contributed by atoms with E-state index < -0.39 is 5.82 Å². The molecular weight excluding hydrogens is 297 g/mol. The van der Waals surface area contributed by atoms with Crippen molar-refractivity contribution in [1.29, 1.82) is 0 Å². The normalized spacial score (nSPS) is 11.8. The second-order valence-electron chi connectivity index (χ2n) is 5.32. The first-order chi connectivity index (χ1) is 11.0. The standard InChI is InChI=1S/C17H20FN3O2/c1-12(19)5-8-17(22)21-13-6-7-16(15(18)10-13)23-11-14-4-2-3-9-20-14/h2-4,6-7,9-10,12H,5,8,11,19H2,1H3,(H,21,22). The van der Waals surface area contributed by atoms with Crippen LogP contribution < -0.4 is 15.8 Å². The number of benzene rings is 1. The van der Waals surface area contributed by atoms with E-state index in [4.69, 9.17) is 10.5 Å². The number of aromatic nitrogens is 1. The third-order valence-corrected chi connectivity index (χ3v) is 3.14. The van der Waals surface area contributed by atoms with Gasteiger partial charge in [-0.2, -0.15) is 0 Å². The summed E-state index contributed by atoms with van der Waals surface area (Å²) in [6.07, 6.45) is 2.53. The van der Waals surface area contributed by atoms with Gasteiger partial charge in [-0.1, -0.05) is 6.07 Å². The summed E-state index contributed by atoms with van der Waals surface area (Å²) in [5, 5.41) is 2.64. The van der Waals surface area contributed by atoms with Crippen molar-refractivity contribution in [3.05, 3.63) is 54.1 Å². The smallest absolute Gasteiger partial charge is 0.224 e. The molecule has 0 aliphatic carbocycles. The summed E-state index contributed by atoms with van der Waals surface area (Å²) in [5.41, 5.74) is 6.70. The molecule has 1 aromatic carbocycles. The summed E-state index contributed by atoms with van der Waals surface area (Å²) in [5.74, 6) is -0.612. The van der Waals surface area contributed by atoms with Crippen LogP contribution in [0.3, 0.4) is 0 Å². The van der Waals surface area contributed by atoms with Crippen molar-refractivity contribution in [2.24, 2.45) is 5.73 Å². The van der Waals surface area contributed by atoms with Crippen molar-refractivity contribution in [2.75, 3.05) is 5.32 Å². The van der Waals surface area contributed by atoms with Gasteiger partial charge in [0.15, 0.2) is 11.6 Å². The molecule has 0 spiro atoms. The molecule has 2 rings (SSSR count). The number of nitrogens with one attached hydrogen (secondary N) is 1. The lowest BCUT2D eigenvalue weighted by atomic mass is 10.2. The number of halogens is 1. The first-order valence-corrected chi connectivity index (χ1v) is 7.42. The molecule has 1 heterocycles. The topological polar surface area (TPSA) is 77.2 Å². The van der Waals surface area contributed by atoms with Crippen molar-refractivity contribution in [3.8, 4) is 5.75 Å². The first kappa shape index (κ1) is 16.9. The van der Waals surface area contributed by atoms with Crippen LogP contribution in [-0.2, 0) is 11.4 Å². The van der Waals surface area contributed by atoms with Crippen molar-refractivity contribution < 1.29 is 13.9 Å². The highest BCUT2D eigenvalue weighted by molar-refractivity contribution is 5.90. The third kappa shape index (κ3) is 5.67. The Kier molecular flexibility index (Phi) is 6.05. The molecule has 1 unspecified atom stereocenters. The van der Waals surface area contributed by atoms with Gasteiger partial charge in [0.05, 0.1) is 5.69 Å². The first-order valence-electron chi connectivity index (χ1n) is 7.42. The molecule has 23 heavy (non-hydrogen) atoms. The van der Waals surface area contributed by atoms with Crippen LogP contribution in [-0.4, -0.2) is 16.9 Å². The molecule has 2 aromatic rings. The minimum absolute atomic E-state index is 0.0418. The third-order valence-electron chi connectivity index (χ3n) is 3.14. The number of rotatable bonds is 7. The predicted molar refractivity (Wildman–Crippen MR) is 86.5 cm³/mol. The van der Waals surface area contributed by atoms with Crippen LogP contribution >= 0.6 is 0 Å². The quantitative estimate of drug-likeness (QED) is 0.823. The fourth-order valence-electron chi connectivity index (χ4n) is 1.91. The predicted octanol–water partition coefficient (Wildman–Crippen LogP) is 2.87. The maximum absolute atomic E-state index is 14.0. The van der Waals surface area contributed by atoms with E-state index in [0.29, 0.717) is 24.2 Å². The van der Waals surface area contributed by atoms with Crippen LogP contribution in [0.1, 0.15) is 25.5 Å². The fraction of sp³-hybridized carbons (Fsp3) is 0.294. The molecule has 0 aliphatic heterocycles. The van der Waals surface area contributed by atoms with Crippen LogP contribution in [0.5, 0.6) is 5.75 Å². The maximum atomic E-state index is 14.0. The summed E-state index contributed by atoms with van der Waals surface area (Å²) in [4.78, 5) is 15.8. The number of nitrogens with two attached hydrogens (primary N) is 1. The average molecular weight is 317 g/mol. The van der Waals surface area contributed by atoms with Crippen LogP contribution in [0.4, 0.5) is 10.1 Å². The monoisotopic (exact) mass is 317 g/mol. The molecule has 1 amide bonds. The molecule has 0 radical (unpaired) electrons. The van der Waals surface area contributed by atoms with Gasteiger partial charge in [-0.3, -0.25) is 9.78 Å². The van der Waals surface area contributed by atoms with E-state index in [9.17, 15) is 9.18 Å². The number of carbonyl (C=O) groups is 1. The fourth-order valence-corrected chi connectivity index (χ4v) is 1.91. The summed E-state index contributed by atoms with van der Waals surface area (Å²) < 4.78 is 19.4. The minimum Gasteiger partial charge on any atom is -0.484 e. The lowest BCUT2D eigenvalue weighted by molar-refractivity contribution is -0.116. The Morgan fingerprint density at radius 2 is 2.22 bits per heavy atom. The van der Waals surface area contributed by atoms with Crippen LogP contribution in [0, 0.1) is 5.82 Å². The number of nitrogens with zero attached hydrogens (tertiary/aromatic N) is 1. The lowest BCUT2D eigenvalue weighted by Gasteiger charge is -2.10. The van der Waals surface area contributed by atoms with Gasteiger partial charge in [-0.25, -0.2) is 4.39 Å². The van der Waals surface area contributed by atoms with Crippen LogP contribution in [0.25, 0.3) is 0 Å². The molecule has 0 bridgehead atoms. The number of ether oxygens (including phenoxy) is 1. The van der Waals surface area contributed by atoms with Gasteiger partial charge in [0.25, 0.3) is 0 Å². The Bertz CT molecular complexity index is 648. The zero-order valence-electron chi connectivity index (χ0n) is 13.0. The summed E-state index contributed by atoms with van der Waals surface area (Å²) in [6.45, 7) is 2.01. The highest BCUT2D eigenvalue weighted by atomic mass is 19.1. The number of anilines is 1. The Hall–Kier alpha value is -2.47. The Morgan fingerprint density at radius 1 is 1.39 bits per heavy atom. The highest BCUT2D eigenvalue weighted by Crippen LogP contribution is 2.22. The van der Waals surface area contributed by atoms with Gasteiger partial charge in [0.1, 0.15) is 6.61 Å². The molecule has 3 N–H and O–H groups in total. The second-order valence-corrected chi connectivity index (χ2v) is 5.32. The number of carbonyl (C=O) groups excluding carboxylic acids is 1. The van der Waals surface area contributed by atoms with Gasteiger partial charge in [-0.15, -0.1) is 0 Å². The van der Waals surface area contributed by atoms with Gasteiger partial charge < -0.3 is 15.8 Å². The van der Waals surface area contributed by atoms with E-state index in [1.165, 1.54) is 12.1 Å². The molecule has 0 fully saturated rings. The van der Waals surface area contributed by atoms with Gasteiger partial charge in [-0.05, 0) is 37.6 Å². The van der Waals surface area contributed by atoms with E-state index in [1.54, 1.807) is 24.4 Å². The summed E-state index contributed by atoms with van der Waals surface area (Å²) in [6, 6.07) is 9.71. The molecule has 1 atom stereocenters. The number of amides is 1. The van der Waals surface area contributed by atoms with Crippen molar-refractivity contribution in [3.63, 3.8) is 0 Å². The Morgan fingerprint density at radius 3 is 2.87 bits per heavy atom. The van der Waals surface area contributed by atoms with Crippen molar-refractivity contribution in [1.82, 2.24) is 4.98 Å². The zero-order chi connectivity index (χ0) is 16.7. The molecule has 122 valence electrons. The van der Waals surface area contributed by atoms with E-state index in [-0.39, 0.29) is 24.3 Å². The number of pyridine rings is 1. The van der Waals surface area contributed by atoms with Crippen LogP contribution in [0.2, 0.25) is 0 Å². The van der Waals surface area contributed by atoms with Crippen LogP contribution in [0.15, 0.2) is 42.6 Å². The number of hydrogen-bond donors (Lipinski definition) is 2. The van der Waals surface area contributed by atoms with E-state index >= 15 is 0 Å². The lowest BCUT2D eigenvalue weighted by Crippen LogP contribution is -2.19. The largest absolute Gasteiger partial charge is 0.484 e. The van der Waals surface area contributed by atoms with E-state index in [2.05, 4.69) is 10.3 Å². The van der Waals surface area contributed by atoms with Gasteiger partial charge >= 0.3 is 0 Å². The molecule has 1 aromatic heterocycles. The minimum atomic E-state index is -0.536. The average Bonchev–Trinajstić information content (AvgIpc) is 2.53. The summed E-state index contributed by atoms with van der Waals surface area (Å²) >= 11 is 0. The second kappa shape index (κ2) is 8.24.